The number of likely N-dealkylation sites (tertiary alicyclic amines) is 1. The van der Waals surface area contributed by atoms with E-state index in [0.29, 0.717) is 18.8 Å². The first-order valence-electron chi connectivity index (χ1n) is 16.2. The van der Waals surface area contributed by atoms with Crippen LogP contribution in [-0.2, 0) is 0 Å². The molecule has 2 N–H and O–H groups in total. The first-order chi connectivity index (χ1) is 20.4. The second-order valence-electron chi connectivity index (χ2n) is 11.0. The Morgan fingerprint density at radius 3 is 2.48 bits per heavy atom. The number of unbranched alkanes of at least 4 members (excludes halogenated alkanes) is 1. The number of ether oxygens (including phenoxy) is 2. The summed E-state index contributed by atoms with van der Waals surface area (Å²) in [6.45, 7) is 24.6. The second-order valence-corrected chi connectivity index (χ2v) is 11.0. The molecule has 2 aliphatic rings. The predicted molar refractivity (Wildman–Crippen MR) is 183 cm³/mol. The fourth-order valence-electron chi connectivity index (χ4n) is 5.39. The molecule has 0 aromatic heterocycles. The van der Waals surface area contributed by atoms with Gasteiger partial charge >= 0.3 is 0 Å². The van der Waals surface area contributed by atoms with E-state index in [0.717, 1.165) is 50.5 Å². The van der Waals surface area contributed by atoms with E-state index in [1.807, 2.05) is 20.8 Å². The van der Waals surface area contributed by atoms with Crippen molar-refractivity contribution in [3.05, 3.63) is 83.8 Å². The summed E-state index contributed by atoms with van der Waals surface area (Å²) < 4.78 is 11.3. The van der Waals surface area contributed by atoms with Gasteiger partial charge in [0, 0.05) is 37.9 Å². The normalized spacial score (nSPS) is 18.8. The van der Waals surface area contributed by atoms with Gasteiger partial charge in [-0.3, -0.25) is 4.90 Å². The SMILES string of the molecule is C/C=C\C=C(/C)CCC1CC(c2ccc3c(c2)OCO3)CN1C/C(=C/CC)N(CCCC)C/C(C)=C/N.C=CC.CC. The first-order valence-corrected chi connectivity index (χ1v) is 16.2. The molecule has 0 bridgehead atoms. The maximum Gasteiger partial charge on any atom is 0.231 e. The maximum atomic E-state index is 5.88. The largest absolute Gasteiger partial charge is 0.454 e. The van der Waals surface area contributed by atoms with Gasteiger partial charge in [-0.15, -0.1) is 6.58 Å². The molecule has 0 spiro atoms. The van der Waals surface area contributed by atoms with E-state index in [1.165, 1.54) is 48.1 Å². The monoisotopic (exact) mass is 579 g/mol. The zero-order valence-corrected chi connectivity index (χ0v) is 28.1. The van der Waals surface area contributed by atoms with Crippen LogP contribution in [0.15, 0.2) is 78.2 Å². The molecule has 1 aromatic carbocycles. The molecule has 0 saturated carbocycles. The molecule has 0 amide bonds. The van der Waals surface area contributed by atoms with Crippen LogP contribution in [0.1, 0.15) is 105 Å². The molecule has 0 aliphatic carbocycles. The van der Waals surface area contributed by atoms with Crippen LogP contribution in [0.3, 0.4) is 0 Å². The van der Waals surface area contributed by atoms with E-state index in [4.69, 9.17) is 15.2 Å². The van der Waals surface area contributed by atoms with Crippen LogP contribution >= 0.6 is 0 Å². The molecule has 1 aromatic rings. The van der Waals surface area contributed by atoms with E-state index in [-0.39, 0.29) is 0 Å². The summed E-state index contributed by atoms with van der Waals surface area (Å²) in [6, 6.07) is 7.07. The highest BCUT2D eigenvalue weighted by atomic mass is 16.7. The minimum atomic E-state index is 0.325. The highest BCUT2D eigenvalue weighted by Crippen LogP contribution is 2.40. The standard InChI is InChI=1S/C32H49N3O2.C3H6.C2H6/c1-6-9-12-25(4)13-15-29-18-28(27-14-16-31-32(19-27)37-24-36-31)22-35(29)23-30(11-8-3)34(17-10-7-2)21-26(5)20-33;1-3-2;1-2/h6,9,11-12,14,16,19-20,28-29H,7-8,10,13,15,17-18,21-24,33H2,1-5H3;3H,1H2,2H3;1-2H3/b9-6-,25-12+,26-20+,30-11-;;. The smallest absolute Gasteiger partial charge is 0.231 e. The van der Waals surface area contributed by atoms with Crippen LogP contribution in [0, 0.1) is 0 Å². The Kier molecular flexibility index (Phi) is 19.2. The molecule has 5 nitrogen and oxygen atoms in total. The van der Waals surface area contributed by atoms with Gasteiger partial charge in [0.25, 0.3) is 0 Å². The third kappa shape index (κ3) is 12.5. The Morgan fingerprint density at radius 2 is 1.83 bits per heavy atom. The predicted octanol–water partition coefficient (Wildman–Crippen LogP) is 9.35. The van der Waals surface area contributed by atoms with E-state index >= 15 is 0 Å². The number of nitrogens with two attached hydrogens (primary N) is 1. The number of allylic oxidation sites excluding steroid dienone is 6. The number of hydrogen-bond donors (Lipinski definition) is 1. The topological polar surface area (TPSA) is 51.0 Å². The lowest BCUT2D eigenvalue weighted by atomic mass is 9.94. The molecule has 2 heterocycles. The van der Waals surface area contributed by atoms with Gasteiger partial charge in [-0.1, -0.05) is 76.1 Å². The molecule has 2 aliphatic heterocycles. The summed E-state index contributed by atoms with van der Waals surface area (Å²) in [5, 5.41) is 0. The van der Waals surface area contributed by atoms with Gasteiger partial charge in [-0.25, -0.2) is 0 Å². The zero-order chi connectivity index (χ0) is 31.3. The van der Waals surface area contributed by atoms with Crippen LogP contribution in [-0.4, -0.2) is 48.8 Å². The number of hydrogen-bond acceptors (Lipinski definition) is 5. The Hall–Kier alpha value is -2.92. The van der Waals surface area contributed by atoms with E-state index in [1.54, 1.807) is 12.3 Å². The van der Waals surface area contributed by atoms with Gasteiger partial charge in [0.2, 0.25) is 6.79 Å². The van der Waals surface area contributed by atoms with Crippen LogP contribution < -0.4 is 15.2 Å². The minimum Gasteiger partial charge on any atom is -0.454 e. The molecule has 5 heteroatoms. The van der Waals surface area contributed by atoms with Gasteiger partial charge in [0.05, 0.1) is 0 Å². The lowest BCUT2D eigenvalue weighted by Crippen LogP contribution is -2.37. The molecule has 2 atom stereocenters. The number of benzene rings is 1. The van der Waals surface area contributed by atoms with Crippen molar-refractivity contribution in [1.82, 2.24) is 9.80 Å². The lowest BCUT2D eigenvalue weighted by Gasteiger charge is -2.33. The van der Waals surface area contributed by atoms with Gasteiger partial charge in [0.1, 0.15) is 0 Å². The summed E-state index contributed by atoms with van der Waals surface area (Å²) >= 11 is 0. The number of fused-ring (bicyclic) bond motifs is 1. The molecule has 1 fully saturated rings. The van der Waals surface area contributed by atoms with Crippen molar-refractivity contribution in [2.45, 2.75) is 106 Å². The Morgan fingerprint density at radius 1 is 1.12 bits per heavy atom. The average Bonchev–Trinajstić information content (AvgIpc) is 3.64. The molecule has 1 saturated heterocycles. The lowest BCUT2D eigenvalue weighted by molar-refractivity contribution is 0.174. The summed E-state index contributed by atoms with van der Waals surface area (Å²) in [5.74, 6) is 2.25. The zero-order valence-electron chi connectivity index (χ0n) is 28.1. The summed E-state index contributed by atoms with van der Waals surface area (Å²) in [5.41, 5.74) is 11.4. The van der Waals surface area contributed by atoms with Crippen molar-refractivity contribution in [1.29, 1.82) is 0 Å². The van der Waals surface area contributed by atoms with Crippen LogP contribution in [0.2, 0.25) is 0 Å². The molecule has 2 unspecified atom stereocenters. The fourth-order valence-corrected chi connectivity index (χ4v) is 5.39. The molecular formula is C37H61N3O2. The van der Waals surface area contributed by atoms with Crippen LogP contribution in [0.25, 0.3) is 0 Å². The van der Waals surface area contributed by atoms with Crippen molar-refractivity contribution in [2.24, 2.45) is 5.73 Å². The molecular weight excluding hydrogens is 518 g/mol. The molecule has 3 rings (SSSR count). The highest BCUT2D eigenvalue weighted by molar-refractivity contribution is 5.45. The Bertz CT molecular complexity index is 1020. The van der Waals surface area contributed by atoms with Gasteiger partial charge in [-0.05, 0) is 95.2 Å². The van der Waals surface area contributed by atoms with Gasteiger partial charge in [0.15, 0.2) is 11.5 Å². The van der Waals surface area contributed by atoms with Crippen molar-refractivity contribution >= 4 is 0 Å². The highest BCUT2D eigenvalue weighted by Gasteiger charge is 2.34. The van der Waals surface area contributed by atoms with Gasteiger partial charge in [-0.2, -0.15) is 0 Å². The van der Waals surface area contributed by atoms with Crippen molar-refractivity contribution in [2.75, 3.05) is 33.0 Å². The van der Waals surface area contributed by atoms with Crippen LogP contribution in [0.5, 0.6) is 11.5 Å². The second kappa shape index (κ2) is 21.7. The molecule has 236 valence electrons. The Balaban J connectivity index is 0.00000165. The summed E-state index contributed by atoms with van der Waals surface area (Å²) in [4.78, 5) is 5.30. The average molecular weight is 580 g/mol. The third-order valence-electron chi connectivity index (χ3n) is 7.56. The quantitative estimate of drug-likeness (QED) is 0.176. The van der Waals surface area contributed by atoms with Crippen molar-refractivity contribution < 1.29 is 9.47 Å². The van der Waals surface area contributed by atoms with E-state index in [9.17, 15) is 0 Å². The molecule has 42 heavy (non-hydrogen) atoms. The summed E-state index contributed by atoms with van der Waals surface area (Å²) in [6.07, 6.45) is 19.4. The fraction of sp³-hybridized carbons (Fsp3) is 0.568. The Labute approximate surface area is 258 Å². The summed E-state index contributed by atoms with van der Waals surface area (Å²) in [7, 11) is 0. The van der Waals surface area contributed by atoms with Crippen molar-refractivity contribution in [3.63, 3.8) is 0 Å². The first kappa shape index (κ1) is 37.1. The van der Waals surface area contributed by atoms with Crippen molar-refractivity contribution in [3.8, 4) is 11.5 Å². The number of rotatable bonds is 14. The van der Waals surface area contributed by atoms with Gasteiger partial charge < -0.3 is 20.1 Å². The minimum absolute atomic E-state index is 0.325. The van der Waals surface area contributed by atoms with E-state index in [2.05, 4.69) is 93.5 Å². The molecule has 0 radical (unpaired) electrons. The van der Waals surface area contributed by atoms with Crippen LogP contribution in [0.4, 0.5) is 0 Å². The number of nitrogens with zero attached hydrogens (tertiary/aromatic N) is 2. The van der Waals surface area contributed by atoms with E-state index < -0.39 is 0 Å². The maximum absolute atomic E-state index is 5.88. The third-order valence-corrected chi connectivity index (χ3v) is 7.56.